The second kappa shape index (κ2) is 9.82. The molecule has 6 nitrogen and oxygen atoms in total. The summed E-state index contributed by atoms with van der Waals surface area (Å²) in [6.07, 6.45) is 1.85. The first-order valence-electron chi connectivity index (χ1n) is 11.0. The van der Waals surface area contributed by atoms with Gasteiger partial charge in [-0.2, -0.15) is 10.2 Å². The Hall–Kier alpha value is -3.08. The molecule has 0 atom stereocenters. The highest BCUT2D eigenvalue weighted by atomic mass is 32.2. The number of anilines is 1. The van der Waals surface area contributed by atoms with Gasteiger partial charge in [-0.1, -0.05) is 41.6 Å². The predicted octanol–water partition coefficient (Wildman–Crippen LogP) is 4.92. The summed E-state index contributed by atoms with van der Waals surface area (Å²) in [6.45, 7) is 9.67. The molecule has 1 saturated heterocycles. The summed E-state index contributed by atoms with van der Waals surface area (Å²) in [5.41, 5.74) is 2.98. The number of ether oxygens (including phenoxy) is 1. The van der Waals surface area contributed by atoms with E-state index in [2.05, 4.69) is 61.9 Å². The Balaban J connectivity index is 1.61. The Bertz CT molecular complexity index is 1160. The Morgan fingerprint density at radius 1 is 1.15 bits per heavy atom. The Morgan fingerprint density at radius 2 is 1.94 bits per heavy atom. The zero-order valence-electron chi connectivity index (χ0n) is 19.6. The van der Waals surface area contributed by atoms with Crippen LogP contribution < -0.4 is 9.64 Å². The molecule has 1 aromatic heterocycles. The van der Waals surface area contributed by atoms with Gasteiger partial charge in [-0.15, -0.1) is 0 Å². The lowest BCUT2D eigenvalue weighted by molar-refractivity contribution is 0.137. The molecule has 0 unspecified atom stereocenters. The smallest absolute Gasteiger partial charge is 0.232 e. The molecule has 170 valence electrons. The third-order valence-electron chi connectivity index (χ3n) is 5.98. The number of likely N-dealkylation sites (N-methyl/N-ethyl adjacent to an activating group) is 1. The van der Waals surface area contributed by atoms with Gasteiger partial charge in [-0.05, 0) is 57.6 Å². The zero-order valence-corrected chi connectivity index (χ0v) is 20.4. The van der Waals surface area contributed by atoms with Crippen molar-refractivity contribution in [1.82, 2.24) is 14.9 Å². The topological polar surface area (TPSA) is 65.3 Å². The molecule has 0 aliphatic carbocycles. The van der Waals surface area contributed by atoms with Crippen LogP contribution in [0.5, 0.6) is 5.88 Å². The highest BCUT2D eigenvalue weighted by Crippen LogP contribution is 2.35. The van der Waals surface area contributed by atoms with Gasteiger partial charge in [0, 0.05) is 30.1 Å². The summed E-state index contributed by atoms with van der Waals surface area (Å²) in [5.74, 6) is 1.27. The maximum absolute atomic E-state index is 9.06. The van der Waals surface area contributed by atoms with E-state index in [0.29, 0.717) is 24.0 Å². The molecule has 33 heavy (non-hydrogen) atoms. The average molecular weight is 460 g/mol. The molecular weight excluding hydrogens is 430 g/mol. The van der Waals surface area contributed by atoms with Crippen molar-refractivity contribution < 1.29 is 4.74 Å². The molecule has 0 saturated carbocycles. The van der Waals surface area contributed by atoms with Crippen molar-refractivity contribution in [3.05, 3.63) is 71.4 Å². The van der Waals surface area contributed by atoms with Crippen molar-refractivity contribution in [2.75, 3.05) is 31.6 Å². The van der Waals surface area contributed by atoms with E-state index in [1.165, 1.54) is 5.56 Å². The van der Waals surface area contributed by atoms with Crippen molar-refractivity contribution in [2.45, 2.75) is 42.7 Å². The van der Waals surface area contributed by atoms with Crippen LogP contribution in [0.15, 0.2) is 64.5 Å². The number of nitrogens with zero attached hydrogens (tertiary/aromatic N) is 5. The molecular formula is C26H29N5OS. The maximum atomic E-state index is 9.06. The van der Waals surface area contributed by atoms with Gasteiger partial charge in [0.1, 0.15) is 6.61 Å². The first-order valence-corrected chi connectivity index (χ1v) is 11.9. The Labute approximate surface area is 200 Å². The molecule has 0 amide bonds. The zero-order chi connectivity index (χ0) is 23.4. The summed E-state index contributed by atoms with van der Waals surface area (Å²) in [6, 6.07) is 18.0. The van der Waals surface area contributed by atoms with Crippen molar-refractivity contribution in [2.24, 2.45) is 0 Å². The van der Waals surface area contributed by atoms with Gasteiger partial charge in [0.2, 0.25) is 11.8 Å². The first-order chi connectivity index (χ1) is 15.8. The van der Waals surface area contributed by atoms with Crippen LogP contribution >= 0.6 is 11.8 Å². The molecule has 1 aliphatic rings. The molecule has 0 N–H and O–H groups in total. The van der Waals surface area contributed by atoms with Crippen LogP contribution in [-0.4, -0.2) is 47.1 Å². The number of hydrogen-bond acceptors (Lipinski definition) is 7. The molecule has 4 rings (SSSR count). The quantitative estimate of drug-likeness (QED) is 0.518. The van der Waals surface area contributed by atoms with Crippen LogP contribution in [0.4, 0.5) is 5.95 Å². The molecule has 0 bridgehead atoms. The number of hydrogen-bond donors (Lipinski definition) is 0. The standard InChI is InChI=1S/C26H29N5OS/c1-19-6-5-7-21(14-19)17-32-24-23(33-22-10-8-20(15-27)9-11-22)16-28-25(29-24)31-13-12-30(4)26(2,3)18-31/h5-11,14,16H,12-13,17-18H2,1-4H3. The van der Waals surface area contributed by atoms with Gasteiger partial charge in [0.25, 0.3) is 0 Å². The lowest BCUT2D eigenvalue weighted by Crippen LogP contribution is -2.58. The van der Waals surface area contributed by atoms with Crippen molar-refractivity contribution >= 4 is 17.7 Å². The predicted molar refractivity (Wildman–Crippen MR) is 132 cm³/mol. The van der Waals surface area contributed by atoms with Crippen molar-refractivity contribution in [1.29, 1.82) is 5.26 Å². The van der Waals surface area contributed by atoms with Gasteiger partial charge in [-0.3, -0.25) is 4.90 Å². The molecule has 0 radical (unpaired) electrons. The SMILES string of the molecule is Cc1cccc(COc2nc(N3CCN(C)C(C)(C)C3)ncc2Sc2ccc(C#N)cc2)c1. The van der Waals surface area contributed by atoms with Crippen LogP contribution in [0.2, 0.25) is 0 Å². The molecule has 1 fully saturated rings. The summed E-state index contributed by atoms with van der Waals surface area (Å²) >= 11 is 1.54. The molecule has 1 aliphatic heterocycles. The van der Waals surface area contributed by atoms with E-state index in [4.69, 9.17) is 20.0 Å². The summed E-state index contributed by atoms with van der Waals surface area (Å²) in [5, 5.41) is 9.06. The van der Waals surface area contributed by atoms with Gasteiger partial charge in [-0.25, -0.2) is 4.98 Å². The normalized spacial score (nSPS) is 15.8. The number of aryl methyl sites for hydroxylation is 1. The average Bonchev–Trinajstić information content (AvgIpc) is 2.80. The third kappa shape index (κ3) is 5.65. The van der Waals surface area contributed by atoms with E-state index >= 15 is 0 Å². The lowest BCUT2D eigenvalue weighted by atomic mass is 10.0. The van der Waals surface area contributed by atoms with Gasteiger partial charge in [0.05, 0.1) is 22.7 Å². The Kier molecular flexibility index (Phi) is 6.87. The van der Waals surface area contributed by atoms with E-state index in [1.54, 1.807) is 11.8 Å². The van der Waals surface area contributed by atoms with E-state index in [0.717, 1.165) is 35.0 Å². The minimum absolute atomic E-state index is 0.0418. The van der Waals surface area contributed by atoms with Crippen LogP contribution in [0.3, 0.4) is 0 Å². The fourth-order valence-corrected chi connectivity index (χ4v) is 4.58. The molecule has 2 aromatic carbocycles. The highest BCUT2D eigenvalue weighted by Gasteiger charge is 2.32. The molecule has 3 aromatic rings. The molecule has 0 spiro atoms. The number of aromatic nitrogens is 2. The largest absolute Gasteiger partial charge is 0.472 e. The van der Waals surface area contributed by atoms with Crippen LogP contribution in [0, 0.1) is 18.3 Å². The van der Waals surface area contributed by atoms with E-state index in [1.807, 2.05) is 36.5 Å². The molecule has 2 heterocycles. The number of benzene rings is 2. The van der Waals surface area contributed by atoms with Crippen LogP contribution in [-0.2, 0) is 6.61 Å². The monoisotopic (exact) mass is 459 g/mol. The van der Waals surface area contributed by atoms with E-state index in [9.17, 15) is 0 Å². The second-order valence-corrected chi connectivity index (χ2v) is 10.1. The fourth-order valence-electron chi connectivity index (χ4n) is 3.76. The summed E-state index contributed by atoms with van der Waals surface area (Å²) in [7, 11) is 2.16. The number of rotatable bonds is 6. The minimum Gasteiger partial charge on any atom is -0.472 e. The van der Waals surface area contributed by atoms with Crippen LogP contribution in [0.25, 0.3) is 0 Å². The van der Waals surface area contributed by atoms with E-state index < -0.39 is 0 Å². The summed E-state index contributed by atoms with van der Waals surface area (Å²) in [4.78, 5) is 16.0. The van der Waals surface area contributed by atoms with E-state index in [-0.39, 0.29) is 5.54 Å². The molecule has 7 heteroatoms. The third-order valence-corrected chi connectivity index (χ3v) is 6.99. The maximum Gasteiger partial charge on any atom is 0.232 e. The number of piperazine rings is 1. The Morgan fingerprint density at radius 3 is 2.64 bits per heavy atom. The van der Waals surface area contributed by atoms with Crippen molar-refractivity contribution in [3.63, 3.8) is 0 Å². The fraction of sp³-hybridized carbons (Fsp3) is 0.346. The lowest BCUT2D eigenvalue weighted by Gasteiger charge is -2.45. The number of nitriles is 1. The van der Waals surface area contributed by atoms with Gasteiger partial charge in [0.15, 0.2) is 0 Å². The summed E-state index contributed by atoms with van der Waals surface area (Å²) < 4.78 is 6.24. The second-order valence-electron chi connectivity index (χ2n) is 9.01. The first kappa shape index (κ1) is 23.1. The van der Waals surface area contributed by atoms with Gasteiger partial charge < -0.3 is 9.64 Å². The van der Waals surface area contributed by atoms with Gasteiger partial charge >= 0.3 is 0 Å². The van der Waals surface area contributed by atoms with Crippen molar-refractivity contribution in [3.8, 4) is 11.9 Å². The minimum atomic E-state index is 0.0418. The van der Waals surface area contributed by atoms with Crippen LogP contribution in [0.1, 0.15) is 30.5 Å². The highest BCUT2D eigenvalue weighted by molar-refractivity contribution is 7.99.